The molecule has 0 saturated carbocycles. The molecule has 0 radical (unpaired) electrons. The molecule has 6 nitrogen and oxygen atoms in total. The van der Waals surface area contributed by atoms with E-state index in [1.165, 1.54) is 0 Å². The lowest BCUT2D eigenvalue weighted by molar-refractivity contribution is 0.415. The van der Waals surface area contributed by atoms with E-state index in [9.17, 15) is 4.21 Å². The SMILES string of the molecule is COc1ccc2c(Oc3ccc(S(N)(=O)=Nc4ccccc4)cc3)ccnc2c1. The molecule has 0 bridgehead atoms. The van der Waals surface area contributed by atoms with Gasteiger partial charge in [-0.1, -0.05) is 18.2 Å². The summed E-state index contributed by atoms with van der Waals surface area (Å²) in [6.45, 7) is 0. The number of fused-ring (bicyclic) bond motifs is 1. The van der Waals surface area contributed by atoms with Crippen molar-refractivity contribution in [2.75, 3.05) is 7.11 Å². The quantitative estimate of drug-likeness (QED) is 0.502. The normalized spacial score (nSPS) is 12.9. The highest BCUT2D eigenvalue weighted by atomic mass is 32.2. The zero-order chi connectivity index (χ0) is 20.3. The molecule has 3 aromatic carbocycles. The van der Waals surface area contributed by atoms with E-state index in [0.717, 1.165) is 16.7 Å². The second kappa shape index (κ2) is 7.90. The minimum absolute atomic E-state index is 0.429. The number of hydrogen-bond donors (Lipinski definition) is 1. The third-order valence-corrected chi connectivity index (χ3v) is 5.73. The highest BCUT2D eigenvalue weighted by Crippen LogP contribution is 2.31. The molecule has 0 aliphatic carbocycles. The first-order valence-corrected chi connectivity index (χ1v) is 10.4. The van der Waals surface area contributed by atoms with Crippen molar-refractivity contribution in [3.05, 3.63) is 85.1 Å². The number of pyridine rings is 1. The summed E-state index contributed by atoms with van der Waals surface area (Å²) in [6.07, 6.45) is 1.68. The lowest BCUT2D eigenvalue weighted by atomic mass is 10.2. The molecule has 1 heterocycles. The van der Waals surface area contributed by atoms with Crippen LogP contribution in [0.25, 0.3) is 10.9 Å². The van der Waals surface area contributed by atoms with Crippen LogP contribution in [0.15, 0.2) is 94.3 Å². The highest BCUT2D eigenvalue weighted by Gasteiger charge is 2.09. The maximum atomic E-state index is 12.8. The van der Waals surface area contributed by atoms with Gasteiger partial charge in [-0.05, 0) is 54.6 Å². The number of hydrogen-bond acceptors (Lipinski definition) is 5. The van der Waals surface area contributed by atoms with Crippen LogP contribution in [0.5, 0.6) is 17.2 Å². The molecule has 0 aliphatic rings. The third kappa shape index (κ3) is 4.21. The van der Waals surface area contributed by atoms with Crippen molar-refractivity contribution in [1.29, 1.82) is 0 Å². The van der Waals surface area contributed by atoms with Gasteiger partial charge in [0.1, 0.15) is 27.2 Å². The van der Waals surface area contributed by atoms with Crippen LogP contribution in [-0.2, 0) is 9.92 Å². The van der Waals surface area contributed by atoms with Crippen molar-refractivity contribution in [3.8, 4) is 17.2 Å². The van der Waals surface area contributed by atoms with Crippen molar-refractivity contribution in [2.45, 2.75) is 4.90 Å². The number of nitrogens with zero attached hydrogens (tertiary/aromatic N) is 2. The van der Waals surface area contributed by atoms with E-state index in [1.807, 2.05) is 36.4 Å². The van der Waals surface area contributed by atoms with Crippen LogP contribution < -0.4 is 14.6 Å². The summed E-state index contributed by atoms with van der Waals surface area (Å²) in [4.78, 5) is 4.78. The smallest absolute Gasteiger partial charge is 0.139 e. The van der Waals surface area contributed by atoms with E-state index in [4.69, 9.17) is 14.6 Å². The summed E-state index contributed by atoms with van der Waals surface area (Å²) in [5.74, 6) is 1.98. The van der Waals surface area contributed by atoms with Gasteiger partial charge in [-0.15, -0.1) is 0 Å². The van der Waals surface area contributed by atoms with Gasteiger partial charge in [0, 0.05) is 17.6 Å². The van der Waals surface area contributed by atoms with E-state index >= 15 is 0 Å². The lowest BCUT2D eigenvalue weighted by Gasteiger charge is -2.10. The molecule has 7 heteroatoms. The topological polar surface area (TPSA) is 86.8 Å². The first kappa shape index (κ1) is 18.9. The molecule has 0 aliphatic heterocycles. The van der Waals surface area contributed by atoms with E-state index < -0.39 is 9.92 Å². The molecular formula is C22H19N3O3S. The van der Waals surface area contributed by atoms with Gasteiger partial charge in [-0.3, -0.25) is 4.98 Å². The van der Waals surface area contributed by atoms with Crippen LogP contribution in [0.1, 0.15) is 0 Å². The Morgan fingerprint density at radius 2 is 1.66 bits per heavy atom. The van der Waals surface area contributed by atoms with Crippen molar-refractivity contribution >= 4 is 26.5 Å². The second-order valence-electron chi connectivity index (χ2n) is 6.26. The molecule has 4 aromatic rings. The Balaban J connectivity index is 1.62. The predicted molar refractivity (Wildman–Crippen MR) is 114 cm³/mol. The van der Waals surface area contributed by atoms with Crippen LogP contribution in [-0.4, -0.2) is 16.3 Å². The van der Waals surface area contributed by atoms with Gasteiger partial charge in [-0.25, -0.2) is 9.35 Å². The largest absolute Gasteiger partial charge is 0.497 e. The fourth-order valence-corrected chi connectivity index (χ4v) is 3.91. The van der Waals surface area contributed by atoms with E-state index in [2.05, 4.69) is 9.35 Å². The monoisotopic (exact) mass is 405 g/mol. The number of benzene rings is 3. The van der Waals surface area contributed by atoms with Gasteiger partial charge in [-0.2, -0.15) is 4.36 Å². The lowest BCUT2D eigenvalue weighted by Crippen LogP contribution is -2.11. The number of aromatic nitrogens is 1. The molecule has 1 unspecified atom stereocenters. The molecule has 0 saturated heterocycles. The maximum Gasteiger partial charge on any atom is 0.139 e. The van der Waals surface area contributed by atoms with Crippen molar-refractivity contribution in [3.63, 3.8) is 0 Å². The Morgan fingerprint density at radius 3 is 2.38 bits per heavy atom. The number of nitrogens with two attached hydrogens (primary N) is 1. The molecule has 1 aromatic heterocycles. The Kier molecular flexibility index (Phi) is 5.16. The van der Waals surface area contributed by atoms with Gasteiger partial charge in [0.2, 0.25) is 0 Å². The van der Waals surface area contributed by atoms with Crippen LogP contribution in [0.3, 0.4) is 0 Å². The zero-order valence-corrected chi connectivity index (χ0v) is 16.5. The Bertz CT molecular complexity index is 1270. The molecule has 2 N–H and O–H groups in total. The maximum absolute atomic E-state index is 12.8. The van der Waals surface area contributed by atoms with Crippen LogP contribution in [0.2, 0.25) is 0 Å². The summed E-state index contributed by atoms with van der Waals surface area (Å²) in [6, 6.07) is 23.2. The standard InChI is InChI=1S/C22H19N3O3S/c1-27-18-9-12-20-21(15-18)24-14-13-22(20)28-17-7-10-19(11-8-17)29(23,26)25-16-5-3-2-4-6-16/h2-15H,1H3,(H2,23,25,26). The Labute approximate surface area is 169 Å². The minimum Gasteiger partial charge on any atom is -0.497 e. The predicted octanol–water partition coefficient (Wildman–Crippen LogP) is 5.07. The molecule has 1 atom stereocenters. The second-order valence-corrected chi connectivity index (χ2v) is 8.05. The van der Waals surface area contributed by atoms with Crippen LogP contribution in [0, 0.1) is 0 Å². The van der Waals surface area contributed by atoms with Crippen molar-refractivity contribution < 1.29 is 13.7 Å². The van der Waals surface area contributed by atoms with E-state index in [-0.39, 0.29) is 0 Å². The van der Waals surface area contributed by atoms with E-state index in [1.54, 1.807) is 55.8 Å². The Hall–Kier alpha value is -3.42. The minimum atomic E-state index is -3.05. The molecule has 4 rings (SSSR count). The average molecular weight is 405 g/mol. The molecule has 0 spiro atoms. The van der Waals surface area contributed by atoms with Crippen molar-refractivity contribution in [2.24, 2.45) is 9.50 Å². The van der Waals surface area contributed by atoms with Crippen molar-refractivity contribution in [1.82, 2.24) is 4.98 Å². The number of methoxy groups -OCH3 is 1. The first-order chi connectivity index (χ1) is 14.0. The summed E-state index contributed by atoms with van der Waals surface area (Å²) in [5, 5.41) is 6.83. The van der Waals surface area contributed by atoms with Crippen LogP contribution >= 0.6 is 0 Å². The van der Waals surface area contributed by atoms with Gasteiger partial charge >= 0.3 is 0 Å². The van der Waals surface area contributed by atoms with Gasteiger partial charge < -0.3 is 9.47 Å². The summed E-state index contributed by atoms with van der Waals surface area (Å²) in [5.41, 5.74) is 1.34. The summed E-state index contributed by atoms with van der Waals surface area (Å²) < 4.78 is 28.2. The molecule has 146 valence electrons. The first-order valence-electron chi connectivity index (χ1n) is 8.86. The average Bonchev–Trinajstić information content (AvgIpc) is 2.74. The molecule has 29 heavy (non-hydrogen) atoms. The van der Waals surface area contributed by atoms with Crippen LogP contribution in [0.4, 0.5) is 5.69 Å². The third-order valence-electron chi connectivity index (χ3n) is 4.30. The molecule has 0 amide bonds. The fraction of sp³-hybridized carbons (Fsp3) is 0.0455. The number of rotatable bonds is 5. The highest BCUT2D eigenvalue weighted by molar-refractivity contribution is 7.91. The summed E-state index contributed by atoms with van der Waals surface area (Å²) >= 11 is 0. The summed E-state index contributed by atoms with van der Waals surface area (Å²) in [7, 11) is -1.44. The van der Waals surface area contributed by atoms with E-state index in [0.29, 0.717) is 22.1 Å². The number of ether oxygens (including phenoxy) is 2. The van der Waals surface area contributed by atoms with Gasteiger partial charge in [0.05, 0.1) is 23.2 Å². The van der Waals surface area contributed by atoms with Gasteiger partial charge in [0.15, 0.2) is 0 Å². The molecular weight excluding hydrogens is 386 g/mol. The zero-order valence-electron chi connectivity index (χ0n) is 15.7. The Morgan fingerprint density at radius 1 is 0.931 bits per heavy atom. The fourth-order valence-electron chi connectivity index (χ4n) is 2.85. The van der Waals surface area contributed by atoms with Gasteiger partial charge in [0.25, 0.3) is 0 Å². The molecule has 0 fully saturated rings.